The van der Waals surface area contributed by atoms with Gasteiger partial charge in [-0.15, -0.1) is 22.7 Å². The van der Waals surface area contributed by atoms with Gasteiger partial charge in [0.15, 0.2) is 0 Å². The van der Waals surface area contributed by atoms with Crippen LogP contribution < -0.4 is 0 Å². The van der Waals surface area contributed by atoms with Crippen LogP contribution in [0, 0.1) is 0 Å². The van der Waals surface area contributed by atoms with E-state index in [1.165, 1.54) is 51.1 Å². The minimum Gasteiger partial charge on any atom is -0.150 e. The molecule has 0 N–H and O–H groups in total. The molecule has 0 saturated heterocycles. The Morgan fingerprint density at radius 3 is 1.32 bits per heavy atom. The molecule has 6 aromatic rings. The molecule has 0 spiro atoms. The smallest absolute Gasteiger partial charge is 0.0462 e. The Morgan fingerprint density at radius 2 is 0.864 bits per heavy atom. The van der Waals surface area contributed by atoms with Gasteiger partial charge in [-0.3, -0.25) is 0 Å². The van der Waals surface area contributed by atoms with Crippen LogP contribution in [0.4, 0.5) is 0 Å². The summed E-state index contributed by atoms with van der Waals surface area (Å²) in [4.78, 5) is 0. The molecule has 4 heteroatoms. The molecule has 0 unspecified atom stereocenters. The van der Waals surface area contributed by atoms with E-state index in [9.17, 15) is 0 Å². The van der Waals surface area contributed by atoms with Crippen LogP contribution in [0.25, 0.3) is 51.1 Å². The third kappa shape index (κ3) is 1.37. The number of hydrogen-bond donors (Lipinski definition) is 0. The quantitative estimate of drug-likeness (QED) is 0.263. The molecule has 0 fully saturated rings. The molecule has 0 bridgehead atoms. The molecule has 4 heterocycles. The molecule has 4 aromatic heterocycles. The zero-order chi connectivity index (χ0) is 14.3. The minimum atomic E-state index is 1.41. The van der Waals surface area contributed by atoms with Crippen molar-refractivity contribution in [3.05, 3.63) is 45.8 Å². The van der Waals surface area contributed by atoms with Crippen LogP contribution in [0.2, 0.25) is 0 Å². The second-order valence-corrected chi connectivity index (χ2v) is 9.07. The molecule has 0 amide bonds. The normalized spacial score (nSPS) is 12.5. The van der Waals surface area contributed by atoms with Crippen LogP contribution in [-0.2, 0) is 0 Å². The molecule has 0 radical (unpaired) electrons. The van der Waals surface area contributed by atoms with Crippen molar-refractivity contribution >= 4 is 96.5 Å². The van der Waals surface area contributed by atoms with Gasteiger partial charge < -0.3 is 0 Å². The van der Waals surface area contributed by atoms with E-state index in [4.69, 9.17) is 0 Å². The highest BCUT2D eigenvalue weighted by molar-refractivity contribution is 7.30. The monoisotopic (exact) mass is 352 g/mol. The summed E-state index contributed by atoms with van der Waals surface area (Å²) in [5, 5.41) is 17.6. The molecule has 22 heavy (non-hydrogen) atoms. The largest absolute Gasteiger partial charge is 0.150 e. The first-order valence-corrected chi connectivity index (χ1v) is 10.5. The molecule has 104 valence electrons. The Labute approximate surface area is 141 Å². The van der Waals surface area contributed by atoms with Gasteiger partial charge >= 0.3 is 0 Å². The number of fused-ring (bicyclic) bond motifs is 9. The Hall–Kier alpha value is -1.46. The fourth-order valence-corrected chi connectivity index (χ4v) is 7.77. The lowest BCUT2D eigenvalue weighted by Gasteiger charge is -2.01. The van der Waals surface area contributed by atoms with Gasteiger partial charge in [0.25, 0.3) is 0 Å². The second kappa shape index (κ2) is 4.09. The lowest BCUT2D eigenvalue weighted by Crippen LogP contribution is -1.74. The van der Waals surface area contributed by atoms with Crippen LogP contribution in [0.5, 0.6) is 0 Å². The standard InChI is InChI=1S/C18H8S4/c1-3-11-13-5-19-7-15(13)22-18(11)10-2-4-12-14-6-20-8-16(14)21-17(12)9(1)10/h1-8H. The van der Waals surface area contributed by atoms with E-state index in [0.29, 0.717) is 0 Å². The first-order chi connectivity index (χ1) is 10.9. The van der Waals surface area contributed by atoms with E-state index in [-0.39, 0.29) is 0 Å². The number of hydrogen-bond acceptors (Lipinski definition) is 4. The number of thiophene rings is 4. The number of benzene rings is 2. The van der Waals surface area contributed by atoms with E-state index in [2.05, 4.69) is 45.8 Å². The van der Waals surface area contributed by atoms with Crippen LogP contribution >= 0.6 is 45.3 Å². The number of rotatable bonds is 0. The van der Waals surface area contributed by atoms with Crippen LogP contribution in [0.15, 0.2) is 45.8 Å². The maximum atomic E-state index is 2.32. The van der Waals surface area contributed by atoms with Crippen molar-refractivity contribution in [2.24, 2.45) is 0 Å². The fourth-order valence-electron chi connectivity index (χ4n) is 3.34. The van der Waals surface area contributed by atoms with Crippen LogP contribution in [0.3, 0.4) is 0 Å². The van der Waals surface area contributed by atoms with E-state index in [1.807, 2.05) is 22.7 Å². The zero-order valence-corrected chi connectivity index (χ0v) is 14.5. The van der Waals surface area contributed by atoms with E-state index in [1.54, 1.807) is 22.7 Å². The Morgan fingerprint density at radius 1 is 0.455 bits per heavy atom. The van der Waals surface area contributed by atoms with Crippen molar-refractivity contribution in [3.63, 3.8) is 0 Å². The molecule has 0 nitrogen and oxygen atoms in total. The molecular weight excluding hydrogens is 344 g/mol. The summed E-state index contributed by atoms with van der Waals surface area (Å²) in [6.45, 7) is 0. The molecule has 0 aliphatic heterocycles. The lowest BCUT2D eigenvalue weighted by atomic mass is 10.0. The molecule has 0 aliphatic rings. The van der Waals surface area contributed by atoms with E-state index in [0.717, 1.165) is 0 Å². The van der Waals surface area contributed by atoms with Crippen molar-refractivity contribution < 1.29 is 0 Å². The van der Waals surface area contributed by atoms with Gasteiger partial charge in [0, 0.05) is 72.6 Å². The first kappa shape index (κ1) is 12.0. The predicted octanol–water partition coefficient (Wildman–Crippen LogP) is 7.70. The highest BCUT2D eigenvalue weighted by Gasteiger charge is 2.13. The third-order valence-corrected chi connectivity index (χ3v) is 8.55. The lowest BCUT2D eigenvalue weighted by molar-refractivity contribution is 1.96. The molecule has 6 rings (SSSR count). The van der Waals surface area contributed by atoms with Crippen molar-refractivity contribution in [3.8, 4) is 0 Å². The van der Waals surface area contributed by atoms with Gasteiger partial charge in [-0.25, -0.2) is 0 Å². The summed E-state index contributed by atoms with van der Waals surface area (Å²) in [6, 6.07) is 9.27. The van der Waals surface area contributed by atoms with Crippen molar-refractivity contribution in [1.29, 1.82) is 0 Å². The Bertz CT molecular complexity index is 1220. The molecule has 2 aromatic carbocycles. The van der Waals surface area contributed by atoms with Gasteiger partial charge in [-0.2, -0.15) is 22.7 Å². The zero-order valence-electron chi connectivity index (χ0n) is 11.3. The summed E-state index contributed by atoms with van der Waals surface area (Å²) in [5.74, 6) is 0. The summed E-state index contributed by atoms with van der Waals surface area (Å²) >= 11 is 7.47. The maximum Gasteiger partial charge on any atom is 0.0462 e. The summed E-state index contributed by atoms with van der Waals surface area (Å²) in [5.41, 5.74) is 0. The summed E-state index contributed by atoms with van der Waals surface area (Å²) in [6.07, 6.45) is 0. The third-order valence-electron chi connectivity index (χ3n) is 4.36. The van der Waals surface area contributed by atoms with Crippen LogP contribution in [-0.4, -0.2) is 0 Å². The fraction of sp³-hybridized carbons (Fsp3) is 0. The second-order valence-electron chi connectivity index (χ2n) is 5.48. The minimum absolute atomic E-state index is 1.41. The summed E-state index contributed by atoms with van der Waals surface area (Å²) < 4.78 is 5.71. The molecular formula is C18H8S4. The van der Waals surface area contributed by atoms with Crippen LogP contribution in [0.1, 0.15) is 0 Å². The van der Waals surface area contributed by atoms with Gasteiger partial charge in [-0.1, -0.05) is 24.3 Å². The first-order valence-electron chi connectivity index (χ1n) is 6.99. The van der Waals surface area contributed by atoms with Crippen molar-refractivity contribution in [2.45, 2.75) is 0 Å². The molecule has 0 saturated carbocycles. The highest BCUT2D eigenvalue weighted by atomic mass is 32.1. The summed E-state index contributed by atoms with van der Waals surface area (Å²) in [7, 11) is 0. The van der Waals surface area contributed by atoms with Gasteiger partial charge in [0.1, 0.15) is 0 Å². The SMILES string of the molecule is c1scc2c1sc1c2ccc2c1ccc1c3cscc3sc12. The average molecular weight is 353 g/mol. The topological polar surface area (TPSA) is 0 Å². The van der Waals surface area contributed by atoms with Gasteiger partial charge in [-0.05, 0) is 0 Å². The Kier molecular flexibility index (Phi) is 2.23. The van der Waals surface area contributed by atoms with E-state index >= 15 is 0 Å². The maximum absolute atomic E-state index is 2.32. The highest BCUT2D eigenvalue weighted by Crippen LogP contribution is 2.45. The van der Waals surface area contributed by atoms with Gasteiger partial charge in [0.2, 0.25) is 0 Å². The van der Waals surface area contributed by atoms with Crippen molar-refractivity contribution in [1.82, 2.24) is 0 Å². The van der Waals surface area contributed by atoms with E-state index < -0.39 is 0 Å². The molecule has 0 aliphatic carbocycles. The average Bonchev–Trinajstić information content (AvgIpc) is 3.26. The predicted molar refractivity (Wildman–Crippen MR) is 105 cm³/mol. The van der Waals surface area contributed by atoms with Gasteiger partial charge in [0.05, 0.1) is 0 Å². The molecule has 0 atom stereocenters. The Balaban J connectivity index is 1.90. The van der Waals surface area contributed by atoms with Crippen molar-refractivity contribution in [2.75, 3.05) is 0 Å².